The average Bonchev–Trinajstić information content (AvgIpc) is 3.12. The van der Waals surface area contributed by atoms with Gasteiger partial charge in [0.1, 0.15) is 4.88 Å². The zero-order chi connectivity index (χ0) is 16.6. The van der Waals surface area contributed by atoms with Crippen molar-refractivity contribution < 1.29 is 14.3 Å². The van der Waals surface area contributed by atoms with E-state index in [9.17, 15) is 4.79 Å². The Balaban J connectivity index is 1.75. The lowest BCUT2D eigenvalue weighted by Gasteiger charge is -2.17. The predicted octanol–water partition coefficient (Wildman–Crippen LogP) is 3.58. The zero-order valence-electron chi connectivity index (χ0n) is 13.8. The van der Waals surface area contributed by atoms with Crippen molar-refractivity contribution >= 4 is 17.2 Å². The van der Waals surface area contributed by atoms with Gasteiger partial charge in [-0.3, -0.25) is 4.79 Å². The molecule has 1 aromatic heterocycles. The summed E-state index contributed by atoms with van der Waals surface area (Å²) in [5.74, 6) is 1.83. The molecule has 0 fully saturated rings. The second-order valence-electron chi connectivity index (χ2n) is 5.97. The van der Waals surface area contributed by atoms with E-state index < -0.39 is 0 Å². The molecule has 0 saturated heterocycles. The maximum atomic E-state index is 12.7. The molecule has 0 saturated carbocycles. The maximum Gasteiger partial charge on any atom is 0.265 e. The third-order valence-electron chi connectivity index (χ3n) is 3.70. The first-order chi connectivity index (χ1) is 11.0. The lowest BCUT2D eigenvalue weighted by Crippen LogP contribution is -2.26. The summed E-state index contributed by atoms with van der Waals surface area (Å²) in [6.07, 6.45) is 0. The number of rotatable bonds is 4. The van der Waals surface area contributed by atoms with Gasteiger partial charge in [-0.15, -0.1) is 11.3 Å². The molecule has 0 radical (unpaired) electrons. The minimum atomic E-state index is 0.00423. The van der Waals surface area contributed by atoms with Gasteiger partial charge in [-0.2, -0.15) is 0 Å². The Bertz CT molecular complexity index is 739. The van der Waals surface area contributed by atoms with Gasteiger partial charge >= 0.3 is 0 Å². The SMILES string of the molecule is Cc1nc(C(C)C)sc1C(=O)N(C)Cc1ccc2c(c1)OCO2. The molecule has 2 heterocycles. The van der Waals surface area contributed by atoms with Crippen LogP contribution in [0.2, 0.25) is 0 Å². The number of aromatic nitrogens is 1. The monoisotopic (exact) mass is 332 g/mol. The summed E-state index contributed by atoms with van der Waals surface area (Å²) in [5.41, 5.74) is 1.82. The molecule has 1 aliphatic rings. The van der Waals surface area contributed by atoms with Gasteiger partial charge in [0.25, 0.3) is 5.91 Å². The van der Waals surface area contributed by atoms with Gasteiger partial charge in [0.15, 0.2) is 11.5 Å². The molecule has 1 aliphatic heterocycles. The highest BCUT2D eigenvalue weighted by Crippen LogP contribution is 2.33. The molecule has 0 N–H and O–H groups in total. The number of hydrogen-bond donors (Lipinski definition) is 0. The second kappa shape index (κ2) is 6.20. The lowest BCUT2D eigenvalue weighted by atomic mass is 10.2. The van der Waals surface area contributed by atoms with Crippen LogP contribution >= 0.6 is 11.3 Å². The molecule has 3 rings (SSSR count). The largest absolute Gasteiger partial charge is 0.454 e. The highest BCUT2D eigenvalue weighted by atomic mass is 32.1. The van der Waals surface area contributed by atoms with E-state index in [1.165, 1.54) is 11.3 Å². The fraction of sp³-hybridized carbons (Fsp3) is 0.412. The van der Waals surface area contributed by atoms with Crippen LogP contribution in [0.3, 0.4) is 0 Å². The van der Waals surface area contributed by atoms with E-state index in [1.807, 2.05) is 25.1 Å². The number of ether oxygens (including phenoxy) is 2. The number of nitrogens with zero attached hydrogens (tertiary/aromatic N) is 2. The Morgan fingerprint density at radius 3 is 2.78 bits per heavy atom. The molecule has 0 unspecified atom stereocenters. The number of carbonyl (C=O) groups excluding carboxylic acids is 1. The average molecular weight is 332 g/mol. The van der Waals surface area contributed by atoms with Crippen LogP contribution < -0.4 is 9.47 Å². The molecule has 1 aromatic carbocycles. The summed E-state index contributed by atoms with van der Waals surface area (Å²) in [6.45, 7) is 6.84. The van der Waals surface area contributed by atoms with Gasteiger partial charge in [-0.1, -0.05) is 19.9 Å². The van der Waals surface area contributed by atoms with Crippen LogP contribution in [0, 0.1) is 6.92 Å². The minimum absolute atomic E-state index is 0.00423. The number of thiazole rings is 1. The highest BCUT2D eigenvalue weighted by Gasteiger charge is 2.21. The Morgan fingerprint density at radius 1 is 1.35 bits per heavy atom. The number of benzene rings is 1. The van der Waals surface area contributed by atoms with E-state index in [-0.39, 0.29) is 12.7 Å². The van der Waals surface area contributed by atoms with Crippen LogP contribution in [0.25, 0.3) is 0 Å². The Morgan fingerprint density at radius 2 is 2.09 bits per heavy atom. The topological polar surface area (TPSA) is 51.7 Å². The fourth-order valence-corrected chi connectivity index (χ4v) is 3.48. The molecule has 122 valence electrons. The lowest BCUT2D eigenvalue weighted by molar-refractivity contribution is 0.0789. The number of amides is 1. The molecular formula is C17H20N2O3S. The van der Waals surface area contributed by atoms with Crippen LogP contribution in [0.1, 0.15) is 45.7 Å². The van der Waals surface area contributed by atoms with Crippen LogP contribution in [-0.4, -0.2) is 29.6 Å². The van der Waals surface area contributed by atoms with Gasteiger partial charge in [-0.25, -0.2) is 4.98 Å². The molecule has 6 heteroatoms. The number of carbonyl (C=O) groups is 1. The highest BCUT2D eigenvalue weighted by molar-refractivity contribution is 7.13. The van der Waals surface area contributed by atoms with Crippen LogP contribution in [-0.2, 0) is 6.54 Å². The minimum Gasteiger partial charge on any atom is -0.454 e. The quantitative estimate of drug-likeness (QED) is 0.859. The first kappa shape index (κ1) is 15.8. The standard InChI is InChI=1S/C17H20N2O3S/c1-10(2)16-18-11(3)15(23-16)17(20)19(4)8-12-5-6-13-14(7-12)22-9-21-13/h5-7,10H,8-9H2,1-4H3. The predicted molar refractivity (Wildman–Crippen MR) is 89.3 cm³/mol. The van der Waals surface area contributed by atoms with Gasteiger partial charge < -0.3 is 14.4 Å². The molecule has 0 bridgehead atoms. The van der Waals surface area contributed by atoms with Crippen LogP contribution in [0.15, 0.2) is 18.2 Å². The van der Waals surface area contributed by atoms with E-state index in [4.69, 9.17) is 9.47 Å². The third kappa shape index (κ3) is 3.17. The van der Waals surface area contributed by atoms with Crippen molar-refractivity contribution in [1.29, 1.82) is 0 Å². The Hall–Kier alpha value is -2.08. The van der Waals surface area contributed by atoms with E-state index in [0.29, 0.717) is 12.5 Å². The third-order valence-corrected chi connectivity index (χ3v) is 5.15. The van der Waals surface area contributed by atoms with E-state index in [0.717, 1.165) is 32.6 Å². The summed E-state index contributed by atoms with van der Waals surface area (Å²) in [5, 5.41) is 1.00. The van der Waals surface area contributed by atoms with Crippen LogP contribution in [0.4, 0.5) is 0 Å². The van der Waals surface area contributed by atoms with Crippen molar-refractivity contribution in [3.63, 3.8) is 0 Å². The van der Waals surface area contributed by atoms with Crippen molar-refractivity contribution in [2.24, 2.45) is 0 Å². The van der Waals surface area contributed by atoms with Crippen molar-refractivity contribution in [3.8, 4) is 11.5 Å². The van der Waals surface area contributed by atoms with E-state index in [2.05, 4.69) is 18.8 Å². The molecule has 0 spiro atoms. The Kier molecular flexibility index (Phi) is 4.26. The smallest absolute Gasteiger partial charge is 0.265 e. The summed E-state index contributed by atoms with van der Waals surface area (Å²) < 4.78 is 10.7. The maximum absolute atomic E-state index is 12.7. The normalized spacial score (nSPS) is 12.7. The van der Waals surface area contributed by atoms with Crippen molar-refractivity contribution in [2.45, 2.75) is 33.2 Å². The molecule has 5 nitrogen and oxygen atoms in total. The molecule has 0 aliphatic carbocycles. The summed E-state index contributed by atoms with van der Waals surface area (Å²) in [4.78, 5) is 19.6. The first-order valence-electron chi connectivity index (χ1n) is 7.57. The van der Waals surface area contributed by atoms with Gasteiger partial charge in [0.2, 0.25) is 6.79 Å². The van der Waals surface area contributed by atoms with E-state index in [1.54, 1.807) is 11.9 Å². The Labute approximate surface area is 139 Å². The summed E-state index contributed by atoms with van der Waals surface area (Å²) in [6, 6.07) is 5.76. The first-order valence-corrected chi connectivity index (χ1v) is 8.38. The molecule has 2 aromatic rings. The van der Waals surface area contributed by atoms with Gasteiger partial charge in [0, 0.05) is 19.5 Å². The van der Waals surface area contributed by atoms with Gasteiger partial charge in [0.05, 0.1) is 10.7 Å². The molecule has 0 atom stereocenters. The summed E-state index contributed by atoms with van der Waals surface area (Å²) >= 11 is 1.49. The number of hydrogen-bond acceptors (Lipinski definition) is 5. The molecule has 1 amide bonds. The van der Waals surface area contributed by atoms with Gasteiger partial charge in [-0.05, 0) is 24.6 Å². The summed E-state index contributed by atoms with van der Waals surface area (Å²) in [7, 11) is 1.81. The van der Waals surface area contributed by atoms with Crippen molar-refractivity contribution in [1.82, 2.24) is 9.88 Å². The zero-order valence-corrected chi connectivity index (χ0v) is 14.6. The molecular weight excluding hydrogens is 312 g/mol. The number of fused-ring (bicyclic) bond motifs is 1. The van der Waals surface area contributed by atoms with Crippen molar-refractivity contribution in [2.75, 3.05) is 13.8 Å². The van der Waals surface area contributed by atoms with Crippen LogP contribution in [0.5, 0.6) is 11.5 Å². The number of aryl methyl sites for hydroxylation is 1. The second-order valence-corrected chi connectivity index (χ2v) is 7.00. The van der Waals surface area contributed by atoms with E-state index >= 15 is 0 Å². The van der Waals surface area contributed by atoms with Crippen molar-refractivity contribution in [3.05, 3.63) is 39.3 Å². The fourth-order valence-electron chi connectivity index (χ4n) is 2.42. The molecule has 23 heavy (non-hydrogen) atoms.